The van der Waals surface area contributed by atoms with Crippen LogP contribution in [0.15, 0.2) is 4.47 Å². The van der Waals surface area contributed by atoms with Gasteiger partial charge in [0.1, 0.15) is 0 Å². The van der Waals surface area contributed by atoms with Gasteiger partial charge in [0.15, 0.2) is 0 Å². The number of halogens is 1. The lowest BCUT2D eigenvalue weighted by Crippen LogP contribution is -2.44. The van der Waals surface area contributed by atoms with Crippen molar-refractivity contribution in [2.75, 3.05) is 7.11 Å². The SMILES string of the molecule is CCn1nc(C)c(Br)c1CC(N)C(OC)C1CCCCC1. The van der Waals surface area contributed by atoms with E-state index in [2.05, 4.69) is 28.0 Å². The lowest BCUT2D eigenvalue weighted by Gasteiger charge is -2.33. The van der Waals surface area contributed by atoms with Crippen LogP contribution >= 0.6 is 15.9 Å². The monoisotopic (exact) mass is 357 g/mol. The summed E-state index contributed by atoms with van der Waals surface area (Å²) in [4.78, 5) is 0. The Labute approximate surface area is 136 Å². The average molecular weight is 358 g/mol. The molecule has 0 radical (unpaired) electrons. The first-order valence-corrected chi connectivity index (χ1v) is 8.87. The van der Waals surface area contributed by atoms with E-state index in [0.717, 1.165) is 23.1 Å². The summed E-state index contributed by atoms with van der Waals surface area (Å²) >= 11 is 3.66. The van der Waals surface area contributed by atoms with Crippen LogP contribution in [0.1, 0.15) is 50.4 Å². The third kappa shape index (κ3) is 3.88. The standard InChI is InChI=1S/C16H28BrN3O/c1-4-20-14(15(17)11(2)19-20)10-13(18)16(21-3)12-8-6-5-7-9-12/h12-13,16H,4-10,18H2,1-3H3. The van der Waals surface area contributed by atoms with E-state index in [1.807, 2.05) is 11.6 Å². The van der Waals surface area contributed by atoms with E-state index in [9.17, 15) is 0 Å². The highest BCUT2D eigenvalue weighted by molar-refractivity contribution is 9.10. The van der Waals surface area contributed by atoms with Gasteiger partial charge < -0.3 is 10.5 Å². The third-order valence-electron chi connectivity index (χ3n) is 4.69. The number of hydrogen-bond donors (Lipinski definition) is 1. The molecule has 0 spiro atoms. The smallest absolute Gasteiger partial charge is 0.0754 e. The normalized spacial score (nSPS) is 19.7. The molecule has 2 unspecified atom stereocenters. The van der Waals surface area contributed by atoms with Crippen molar-refractivity contribution in [2.24, 2.45) is 11.7 Å². The molecule has 0 aliphatic heterocycles. The Balaban J connectivity index is 2.10. The molecule has 1 aromatic heterocycles. The highest BCUT2D eigenvalue weighted by Crippen LogP contribution is 2.30. The van der Waals surface area contributed by atoms with E-state index in [0.29, 0.717) is 5.92 Å². The molecule has 2 atom stereocenters. The van der Waals surface area contributed by atoms with Gasteiger partial charge in [0.05, 0.1) is 22.0 Å². The van der Waals surface area contributed by atoms with Crippen LogP contribution in [0.25, 0.3) is 0 Å². The lowest BCUT2D eigenvalue weighted by atomic mass is 9.82. The fourth-order valence-corrected chi connectivity index (χ4v) is 4.03. The quantitative estimate of drug-likeness (QED) is 0.848. The lowest BCUT2D eigenvalue weighted by molar-refractivity contribution is 0.0174. The number of aryl methyl sites for hydroxylation is 2. The number of ether oxygens (including phenoxy) is 1. The van der Waals surface area contributed by atoms with Crippen LogP contribution in [0.4, 0.5) is 0 Å². The molecule has 1 heterocycles. The fraction of sp³-hybridized carbons (Fsp3) is 0.812. The van der Waals surface area contributed by atoms with Crippen molar-refractivity contribution in [3.05, 3.63) is 15.9 Å². The predicted octanol–water partition coefficient (Wildman–Crippen LogP) is 3.44. The minimum absolute atomic E-state index is 0.0239. The zero-order valence-electron chi connectivity index (χ0n) is 13.4. The topological polar surface area (TPSA) is 53.1 Å². The minimum Gasteiger partial charge on any atom is -0.380 e. The predicted molar refractivity (Wildman–Crippen MR) is 89.4 cm³/mol. The van der Waals surface area contributed by atoms with E-state index in [4.69, 9.17) is 10.5 Å². The Morgan fingerprint density at radius 2 is 2.05 bits per heavy atom. The Kier molecular flexibility index (Phi) is 6.26. The first kappa shape index (κ1) is 17.0. The Hall–Kier alpha value is -0.390. The van der Waals surface area contributed by atoms with Gasteiger partial charge in [-0.15, -0.1) is 0 Å². The first-order valence-electron chi connectivity index (χ1n) is 8.08. The molecule has 0 aromatic carbocycles. The summed E-state index contributed by atoms with van der Waals surface area (Å²) in [5.74, 6) is 0.608. The van der Waals surface area contributed by atoms with E-state index < -0.39 is 0 Å². The van der Waals surface area contributed by atoms with Crippen LogP contribution in [-0.4, -0.2) is 29.0 Å². The zero-order valence-corrected chi connectivity index (χ0v) is 15.0. The van der Waals surface area contributed by atoms with Crippen molar-refractivity contribution in [3.8, 4) is 0 Å². The first-order chi connectivity index (χ1) is 10.1. The summed E-state index contributed by atoms with van der Waals surface area (Å²) in [6.45, 7) is 5.01. The van der Waals surface area contributed by atoms with Gasteiger partial charge in [-0.25, -0.2) is 0 Å². The zero-order chi connectivity index (χ0) is 15.4. The Morgan fingerprint density at radius 3 is 2.62 bits per heavy atom. The van der Waals surface area contributed by atoms with E-state index >= 15 is 0 Å². The third-order valence-corrected chi connectivity index (χ3v) is 5.72. The molecule has 1 aliphatic carbocycles. The van der Waals surface area contributed by atoms with Crippen molar-refractivity contribution in [1.82, 2.24) is 9.78 Å². The second-order valence-corrected chi connectivity index (χ2v) is 6.92. The summed E-state index contributed by atoms with van der Waals surface area (Å²) in [6, 6.07) is 0.0239. The van der Waals surface area contributed by atoms with Crippen LogP contribution in [0.3, 0.4) is 0 Å². The molecular weight excluding hydrogens is 330 g/mol. The van der Waals surface area contributed by atoms with Gasteiger partial charge in [-0.3, -0.25) is 4.68 Å². The molecule has 2 N–H and O–H groups in total. The molecule has 0 amide bonds. The van der Waals surface area contributed by atoms with Crippen LogP contribution in [0.2, 0.25) is 0 Å². The summed E-state index contributed by atoms with van der Waals surface area (Å²) in [5, 5.41) is 4.55. The molecule has 21 heavy (non-hydrogen) atoms. The molecule has 4 nitrogen and oxygen atoms in total. The van der Waals surface area contributed by atoms with Crippen LogP contribution in [0.5, 0.6) is 0 Å². The largest absolute Gasteiger partial charge is 0.380 e. The highest BCUT2D eigenvalue weighted by atomic mass is 79.9. The fourth-order valence-electron chi connectivity index (χ4n) is 3.58. The van der Waals surface area contributed by atoms with Gasteiger partial charge in [0.2, 0.25) is 0 Å². The van der Waals surface area contributed by atoms with E-state index in [-0.39, 0.29) is 12.1 Å². The molecule has 0 saturated heterocycles. The van der Waals surface area contributed by atoms with Gasteiger partial charge in [-0.05, 0) is 48.5 Å². The summed E-state index contributed by atoms with van der Waals surface area (Å²) in [7, 11) is 1.80. The number of methoxy groups -OCH3 is 1. The van der Waals surface area contributed by atoms with Gasteiger partial charge in [-0.1, -0.05) is 19.3 Å². The van der Waals surface area contributed by atoms with Gasteiger partial charge in [0, 0.05) is 26.1 Å². The molecule has 1 saturated carbocycles. The van der Waals surface area contributed by atoms with Crippen molar-refractivity contribution in [3.63, 3.8) is 0 Å². The highest BCUT2D eigenvalue weighted by Gasteiger charge is 2.30. The number of nitrogens with two attached hydrogens (primary N) is 1. The summed E-state index contributed by atoms with van der Waals surface area (Å²) in [6.07, 6.45) is 7.44. The average Bonchev–Trinajstić information content (AvgIpc) is 2.77. The van der Waals surface area contributed by atoms with Crippen molar-refractivity contribution in [2.45, 2.75) is 71.1 Å². The minimum atomic E-state index is 0.0239. The number of rotatable bonds is 6. The van der Waals surface area contributed by atoms with Crippen molar-refractivity contribution < 1.29 is 4.74 Å². The second-order valence-electron chi connectivity index (χ2n) is 6.13. The molecule has 1 aliphatic rings. The molecule has 0 bridgehead atoms. The number of aromatic nitrogens is 2. The maximum absolute atomic E-state index is 6.51. The molecule has 120 valence electrons. The van der Waals surface area contributed by atoms with E-state index in [1.165, 1.54) is 37.8 Å². The Morgan fingerprint density at radius 1 is 1.38 bits per heavy atom. The number of hydrogen-bond acceptors (Lipinski definition) is 3. The summed E-state index contributed by atoms with van der Waals surface area (Å²) < 4.78 is 8.92. The van der Waals surface area contributed by atoms with Crippen molar-refractivity contribution in [1.29, 1.82) is 0 Å². The van der Waals surface area contributed by atoms with Crippen LogP contribution < -0.4 is 5.73 Å². The second kappa shape index (κ2) is 7.75. The molecule has 1 aromatic rings. The van der Waals surface area contributed by atoms with Gasteiger partial charge in [0.25, 0.3) is 0 Å². The van der Waals surface area contributed by atoms with Crippen LogP contribution in [0, 0.1) is 12.8 Å². The summed E-state index contributed by atoms with van der Waals surface area (Å²) in [5.41, 5.74) is 8.73. The van der Waals surface area contributed by atoms with Gasteiger partial charge in [-0.2, -0.15) is 5.10 Å². The molecular formula is C16H28BrN3O. The Bertz CT molecular complexity index is 455. The molecule has 2 rings (SSSR count). The van der Waals surface area contributed by atoms with E-state index in [1.54, 1.807) is 7.11 Å². The number of nitrogens with zero attached hydrogens (tertiary/aromatic N) is 2. The van der Waals surface area contributed by atoms with Crippen molar-refractivity contribution >= 4 is 15.9 Å². The van der Waals surface area contributed by atoms with Crippen LogP contribution in [-0.2, 0) is 17.7 Å². The molecule has 1 fully saturated rings. The maximum atomic E-state index is 6.51. The molecule has 5 heteroatoms. The van der Waals surface area contributed by atoms with Gasteiger partial charge >= 0.3 is 0 Å². The maximum Gasteiger partial charge on any atom is 0.0754 e.